The van der Waals surface area contributed by atoms with Gasteiger partial charge in [0.1, 0.15) is 0 Å². The molecule has 0 atom stereocenters. The van der Waals surface area contributed by atoms with Crippen LogP contribution in [0.5, 0.6) is 11.5 Å². The SMILES string of the molecule is CCCCCCCCOc1ccc(/C=C2\SC(=O)N(c3cc(C)ccc3C)C2=O)cc1OC. The van der Waals surface area contributed by atoms with Crippen LogP contribution >= 0.6 is 11.8 Å². The lowest BCUT2D eigenvalue weighted by Crippen LogP contribution is -2.28. The van der Waals surface area contributed by atoms with Crippen molar-refractivity contribution in [2.45, 2.75) is 59.3 Å². The summed E-state index contributed by atoms with van der Waals surface area (Å²) in [6.45, 7) is 6.71. The molecule has 0 saturated carbocycles. The Kier molecular flexibility index (Phi) is 9.01. The van der Waals surface area contributed by atoms with Crippen molar-refractivity contribution in [2.24, 2.45) is 0 Å². The number of hydrogen-bond acceptors (Lipinski definition) is 5. The van der Waals surface area contributed by atoms with Gasteiger partial charge in [-0.3, -0.25) is 9.59 Å². The smallest absolute Gasteiger partial charge is 0.298 e. The molecule has 0 aromatic heterocycles. The van der Waals surface area contributed by atoms with Gasteiger partial charge in [-0.05, 0) is 73.0 Å². The van der Waals surface area contributed by atoms with Crippen molar-refractivity contribution in [1.29, 1.82) is 0 Å². The van der Waals surface area contributed by atoms with Crippen LogP contribution in [0.15, 0.2) is 41.3 Å². The number of imide groups is 1. The average molecular weight is 468 g/mol. The van der Waals surface area contributed by atoms with Gasteiger partial charge in [-0.1, -0.05) is 57.2 Å². The molecule has 176 valence electrons. The number of anilines is 1. The summed E-state index contributed by atoms with van der Waals surface area (Å²) in [6, 6.07) is 11.3. The molecule has 0 N–H and O–H groups in total. The zero-order chi connectivity index (χ0) is 23.8. The van der Waals surface area contributed by atoms with Crippen LogP contribution in [-0.4, -0.2) is 24.9 Å². The van der Waals surface area contributed by atoms with Gasteiger partial charge >= 0.3 is 0 Å². The second kappa shape index (κ2) is 11.9. The molecule has 1 aliphatic rings. The summed E-state index contributed by atoms with van der Waals surface area (Å²) < 4.78 is 11.4. The van der Waals surface area contributed by atoms with Crippen molar-refractivity contribution in [2.75, 3.05) is 18.6 Å². The third kappa shape index (κ3) is 6.41. The van der Waals surface area contributed by atoms with E-state index in [1.54, 1.807) is 13.2 Å². The minimum absolute atomic E-state index is 0.286. The number of rotatable bonds is 11. The Balaban J connectivity index is 1.68. The molecule has 1 heterocycles. The van der Waals surface area contributed by atoms with E-state index in [0.717, 1.165) is 41.3 Å². The maximum absolute atomic E-state index is 13.0. The van der Waals surface area contributed by atoms with Crippen molar-refractivity contribution in [1.82, 2.24) is 0 Å². The normalized spacial score (nSPS) is 14.9. The van der Waals surface area contributed by atoms with Crippen LogP contribution in [0.3, 0.4) is 0 Å². The first kappa shape index (κ1) is 24.9. The molecule has 0 bridgehead atoms. The van der Waals surface area contributed by atoms with Gasteiger partial charge in [0.2, 0.25) is 0 Å². The molecule has 6 heteroatoms. The molecular weight excluding hydrogens is 434 g/mol. The Morgan fingerprint density at radius 3 is 2.45 bits per heavy atom. The van der Waals surface area contributed by atoms with Crippen LogP contribution in [0, 0.1) is 13.8 Å². The van der Waals surface area contributed by atoms with Crippen molar-refractivity contribution >= 4 is 34.7 Å². The van der Waals surface area contributed by atoms with Crippen molar-refractivity contribution in [3.05, 3.63) is 58.0 Å². The number of aryl methyl sites for hydroxylation is 2. The zero-order valence-corrected chi connectivity index (χ0v) is 20.8. The Morgan fingerprint density at radius 1 is 0.939 bits per heavy atom. The van der Waals surface area contributed by atoms with Crippen LogP contribution < -0.4 is 14.4 Å². The first-order valence-corrected chi connectivity index (χ1v) is 12.4. The number of thioether (sulfide) groups is 1. The van der Waals surface area contributed by atoms with E-state index in [2.05, 4.69) is 6.92 Å². The van der Waals surface area contributed by atoms with E-state index in [0.29, 0.717) is 28.7 Å². The summed E-state index contributed by atoms with van der Waals surface area (Å²) in [6.07, 6.45) is 8.97. The predicted octanol–water partition coefficient (Wildman–Crippen LogP) is 7.29. The maximum Gasteiger partial charge on any atom is 0.298 e. The minimum Gasteiger partial charge on any atom is -0.493 e. The van der Waals surface area contributed by atoms with Crippen molar-refractivity contribution < 1.29 is 19.1 Å². The van der Waals surface area contributed by atoms with Gasteiger partial charge in [-0.2, -0.15) is 0 Å². The van der Waals surface area contributed by atoms with Crippen LogP contribution in [0.1, 0.15) is 62.1 Å². The number of carbonyl (C=O) groups excluding carboxylic acids is 2. The summed E-state index contributed by atoms with van der Waals surface area (Å²) in [4.78, 5) is 27.3. The molecule has 2 amide bonds. The molecule has 33 heavy (non-hydrogen) atoms. The highest BCUT2D eigenvalue weighted by atomic mass is 32.2. The molecule has 0 unspecified atom stereocenters. The fourth-order valence-electron chi connectivity index (χ4n) is 3.74. The Labute approximate surface area is 201 Å². The molecule has 1 saturated heterocycles. The lowest BCUT2D eigenvalue weighted by Gasteiger charge is -2.16. The van der Waals surface area contributed by atoms with Crippen LogP contribution in [0.25, 0.3) is 6.08 Å². The molecule has 3 rings (SSSR count). The van der Waals surface area contributed by atoms with Gasteiger partial charge < -0.3 is 9.47 Å². The Morgan fingerprint density at radius 2 is 1.70 bits per heavy atom. The fourth-order valence-corrected chi connectivity index (χ4v) is 4.58. The second-order valence-corrected chi connectivity index (χ2v) is 9.33. The zero-order valence-electron chi connectivity index (χ0n) is 20.0. The van der Waals surface area contributed by atoms with Crippen molar-refractivity contribution in [3.8, 4) is 11.5 Å². The number of nitrogens with zero attached hydrogens (tertiary/aromatic N) is 1. The molecule has 1 aliphatic heterocycles. The maximum atomic E-state index is 13.0. The Bertz CT molecular complexity index is 1030. The molecule has 2 aromatic rings. The van der Waals surface area contributed by atoms with E-state index in [1.165, 1.54) is 30.6 Å². The summed E-state index contributed by atoms with van der Waals surface area (Å²) in [5.74, 6) is 0.997. The molecule has 0 aliphatic carbocycles. The number of carbonyl (C=O) groups is 2. The third-order valence-electron chi connectivity index (χ3n) is 5.64. The Hall–Kier alpha value is -2.73. The van der Waals surface area contributed by atoms with E-state index < -0.39 is 0 Å². The monoisotopic (exact) mass is 467 g/mol. The summed E-state index contributed by atoms with van der Waals surface area (Å²) >= 11 is 0.955. The summed E-state index contributed by atoms with van der Waals surface area (Å²) in [7, 11) is 1.60. The highest BCUT2D eigenvalue weighted by Gasteiger charge is 2.37. The topological polar surface area (TPSA) is 55.8 Å². The molecule has 1 fully saturated rings. The lowest BCUT2D eigenvalue weighted by molar-refractivity contribution is -0.113. The van der Waals surface area contributed by atoms with Gasteiger partial charge in [-0.25, -0.2) is 4.90 Å². The number of methoxy groups -OCH3 is 1. The van der Waals surface area contributed by atoms with Gasteiger partial charge in [-0.15, -0.1) is 0 Å². The standard InChI is InChI=1S/C27H33NO4S/c1-5-6-7-8-9-10-15-32-23-14-13-21(17-24(23)31-4)18-25-26(29)28(27(30)33-25)22-16-19(2)11-12-20(22)3/h11-14,16-18H,5-10,15H2,1-4H3/b25-18-. The highest BCUT2D eigenvalue weighted by Crippen LogP contribution is 2.38. The lowest BCUT2D eigenvalue weighted by atomic mass is 10.1. The quantitative estimate of drug-likeness (QED) is 0.256. The van der Waals surface area contributed by atoms with E-state index in [1.807, 2.05) is 50.2 Å². The molecule has 2 aromatic carbocycles. The van der Waals surface area contributed by atoms with E-state index in [4.69, 9.17) is 9.47 Å². The second-order valence-electron chi connectivity index (χ2n) is 8.33. The van der Waals surface area contributed by atoms with Crippen LogP contribution in [-0.2, 0) is 4.79 Å². The average Bonchev–Trinajstić information content (AvgIpc) is 3.08. The van der Waals surface area contributed by atoms with Gasteiger partial charge in [0.15, 0.2) is 11.5 Å². The number of benzene rings is 2. The number of amides is 2. The van der Waals surface area contributed by atoms with E-state index in [9.17, 15) is 9.59 Å². The molecule has 0 radical (unpaired) electrons. The van der Waals surface area contributed by atoms with Gasteiger partial charge in [0.05, 0.1) is 24.3 Å². The molecule has 0 spiro atoms. The number of unbranched alkanes of at least 4 members (excludes halogenated alkanes) is 5. The molecular formula is C27H33NO4S. The first-order valence-electron chi connectivity index (χ1n) is 11.6. The summed E-state index contributed by atoms with van der Waals surface area (Å²) in [5.41, 5.74) is 3.31. The number of ether oxygens (including phenoxy) is 2. The van der Waals surface area contributed by atoms with Crippen LogP contribution in [0.4, 0.5) is 10.5 Å². The van der Waals surface area contributed by atoms with Gasteiger partial charge in [0, 0.05) is 0 Å². The minimum atomic E-state index is -0.305. The highest BCUT2D eigenvalue weighted by molar-refractivity contribution is 8.19. The van der Waals surface area contributed by atoms with E-state index >= 15 is 0 Å². The van der Waals surface area contributed by atoms with Crippen molar-refractivity contribution in [3.63, 3.8) is 0 Å². The fraction of sp³-hybridized carbons (Fsp3) is 0.407. The number of hydrogen-bond donors (Lipinski definition) is 0. The first-order chi connectivity index (χ1) is 15.9. The van der Waals surface area contributed by atoms with E-state index in [-0.39, 0.29) is 11.1 Å². The largest absolute Gasteiger partial charge is 0.493 e. The van der Waals surface area contributed by atoms with Crippen LogP contribution in [0.2, 0.25) is 0 Å². The third-order valence-corrected chi connectivity index (χ3v) is 6.51. The molecule has 5 nitrogen and oxygen atoms in total. The predicted molar refractivity (Wildman–Crippen MR) is 136 cm³/mol. The summed E-state index contributed by atoms with van der Waals surface area (Å²) in [5, 5.41) is -0.286. The van der Waals surface area contributed by atoms with Gasteiger partial charge in [0.25, 0.3) is 11.1 Å².